The van der Waals surface area contributed by atoms with Crippen LogP contribution < -0.4 is 18.9 Å². The lowest BCUT2D eigenvalue weighted by Gasteiger charge is -2.12. The predicted molar refractivity (Wildman–Crippen MR) is 75.9 cm³/mol. The lowest BCUT2D eigenvalue weighted by atomic mass is 10.2. The fraction of sp³-hybridized carbons (Fsp3) is 0.250. The Kier molecular flexibility index (Phi) is 4.12. The fourth-order valence-electron chi connectivity index (χ4n) is 2.05. The van der Waals surface area contributed by atoms with Crippen molar-refractivity contribution in [2.24, 2.45) is 0 Å². The van der Waals surface area contributed by atoms with Crippen LogP contribution in [-0.2, 0) is 6.61 Å². The van der Waals surface area contributed by atoms with Crippen LogP contribution in [-0.4, -0.2) is 25.1 Å². The molecular formula is C16H16O5. The highest BCUT2D eigenvalue weighted by Gasteiger charge is 2.17. The molecule has 0 radical (unpaired) electrons. The van der Waals surface area contributed by atoms with Gasteiger partial charge in [0, 0.05) is 11.6 Å². The average Bonchev–Trinajstić information content (AvgIpc) is 2.99. The largest absolute Gasteiger partial charge is 0.490 e. The zero-order valence-electron chi connectivity index (χ0n) is 11.5. The Morgan fingerprint density at radius 3 is 2.43 bits per heavy atom. The Balaban J connectivity index is 1.57. The van der Waals surface area contributed by atoms with Crippen LogP contribution in [0.2, 0.25) is 0 Å². The van der Waals surface area contributed by atoms with Gasteiger partial charge in [0.15, 0.2) is 11.5 Å². The van der Waals surface area contributed by atoms with Gasteiger partial charge in [-0.3, -0.25) is 0 Å². The van der Waals surface area contributed by atoms with Gasteiger partial charge in [-0.2, -0.15) is 0 Å². The molecule has 1 aliphatic heterocycles. The maximum atomic E-state index is 9.38. The van der Waals surface area contributed by atoms with E-state index in [9.17, 15) is 5.11 Å². The van der Waals surface area contributed by atoms with Gasteiger partial charge in [-0.15, -0.1) is 0 Å². The smallest absolute Gasteiger partial charge is 0.231 e. The number of aliphatic hydroxyl groups is 1. The van der Waals surface area contributed by atoms with E-state index in [0.29, 0.717) is 36.0 Å². The molecule has 21 heavy (non-hydrogen) atoms. The second-order valence-electron chi connectivity index (χ2n) is 4.48. The first-order chi connectivity index (χ1) is 10.4. The monoisotopic (exact) mass is 288 g/mol. The summed E-state index contributed by atoms with van der Waals surface area (Å²) in [5, 5.41) is 9.38. The molecule has 3 rings (SSSR count). The molecule has 0 aromatic heterocycles. The van der Waals surface area contributed by atoms with Crippen LogP contribution in [0.4, 0.5) is 0 Å². The molecule has 0 spiro atoms. The molecule has 0 atom stereocenters. The molecule has 0 fully saturated rings. The van der Waals surface area contributed by atoms with Crippen LogP contribution in [0.3, 0.4) is 0 Å². The Labute approximate surface area is 122 Å². The van der Waals surface area contributed by atoms with Crippen molar-refractivity contribution < 1.29 is 24.1 Å². The van der Waals surface area contributed by atoms with E-state index in [1.54, 1.807) is 12.1 Å². The summed E-state index contributed by atoms with van der Waals surface area (Å²) in [7, 11) is 0. The number of rotatable bonds is 6. The van der Waals surface area contributed by atoms with Crippen LogP contribution in [0.5, 0.6) is 23.0 Å². The minimum Gasteiger partial charge on any atom is -0.490 e. The van der Waals surface area contributed by atoms with Crippen molar-refractivity contribution in [3.63, 3.8) is 0 Å². The van der Waals surface area contributed by atoms with Gasteiger partial charge in [0.25, 0.3) is 0 Å². The first kappa shape index (κ1) is 13.6. The maximum absolute atomic E-state index is 9.38. The second-order valence-corrected chi connectivity index (χ2v) is 4.48. The van der Waals surface area contributed by atoms with E-state index in [1.807, 2.05) is 30.3 Å². The van der Waals surface area contributed by atoms with Crippen molar-refractivity contribution in [1.82, 2.24) is 0 Å². The molecule has 0 amide bonds. The maximum Gasteiger partial charge on any atom is 0.231 e. The van der Waals surface area contributed by atoms with Gasteiger partial charge in [0.05, 0.1) is 6.61 Å². The third-order valence-corrected chi connectivity index (χ3v) is 3.08. The molecule has 2 aromatic carbocycles. The molecule has 5 heteroatoms. The van der Waals surface area contributed by atoms with Gasteiger partial charge in [0.2, 0.25) is 6.79 Å². The van der Waals surface area contributed by atoms with E-state index < -0.39 is 0 Å². The van der Waals surface area contributed by atoms with E-state index in [0.717, 1.165) is 5.75 Å². The quantitative estimate of drug-likeness (QED) is 0.827. The van der Waals surface area contributed by atoms with Crippen molar-refractivity contribution >= 4 is 0 Å². The van der Waals surface area contributed by atoms with Gasteiger partial charge in [-0.05, 0) is 18.2 Å². The summed E-state index contributed by atoms with van der Waals surface area (Å²) in [5.41, 5.74) is 0.666. The molecule has 1 N–H and O–H groups in total. The van der Waals surface area contributed by atoms with E-state index >= 15 is 0 Å². The molecule has 1 heterocycles. The number of fused-ring (bicyclic) bond motifs is 1. The minimum absolute atomic E-state index is 0.120. The second kappa shape index (κ2) is 6.37. The van der Waals surface area contributed by atoms with Crippen LogP contribution in [0.1, 0.15) is 5.56 Å². The molecule has 0 saturated carbocycles. The average molecular weight is 288 g/mol. The third kappa shape index (κ3) is 3.20. The van der Waals surface area contributed by atoms with Crippen molar-refractivity contribution in [3.05, 3.63) is 48.0 Å². The van der Waals surface area contributed by atoms with Gasteiger partial charge in [-0.1, -0.05) is 18.2 Å². The molecule has 110 valence electrons. The predicted octanol–water partition coefficient (Wildman–Crippen LogP) is 2.37. The zero-order valence-corrected chi connectivity index (χ0v) is 11.5. The summed E-state index contributed by atoms with van der Waals surface area (Å²) >= 11 is 0. The van der Waals surface area contributed by atoms with E-state index in [4.69, 9.17) is 18.9 Å². The van der Waals surface area contributed by atoms with Gasteiger partial charge < -0.3 is 24.1 Å². The molecule has 0 bridgehead atoms. The Morgan fingerprint density at radius 1 is 0.952 bits per heavy atom. The highest BCUT2D eigenvalue weighted by Crippen LogP contribution is 2.38. The number of aliphatic hydroxyl groups excluding tert-OH is 1. The third-order valence-electron chi connectivity index (χ3n) is 3.08. The van der Waals surface area contributed by atoms with Crippen LogP contribution in [0.15, 0.2) is 42.5 Å². The molecule has 1 aliphatic rings. The van der Waals surface area contributed by atoms with Gasteiger partial charge >= 0.3 is 0 Å². The van der Waals surface area contributed by atoms with Crippen LogP contribution >= 0.6 is 0 Å². The molecule has 0 aliphatic carbocycles. The van der Waals surface area contributed by atoms with Crippen molar-refractivity contribution in [2.75, 3.05) is 20.0 Å². The van der Waals surface area contributed by atoms with E-state index in [1.165, 1.54) is 0 Å². The highest BCUT2D eigenvalue weighted by molar-refractivity contribution is 5.51. The Hall–Kier alpha value is -2.40. The number of hydrogen-bond acceptors (Lipinski definition) is 5. The molecule has 5 nitrogen and oxygen atoms in total. The normalized spacial score (nSPS) is 12.2. The van der Waals surface area contributed by atoms with Crippen LogP contribution in [0.25, 0.3) is 0 Å². The minimum atomic E-state index is -0.120. The summed E-state index contributed by atoms with van der Waals surface area (Å²) in [5.74, 6) is 2.64. The Bertz CT molecular complexity index is 597. The summed E-state index contributed by atoms with van der Waals surface area (Å²) in [6, 6.07) is 13.0. The van der Waals surface area contributed by atoms with Crippen molar-refractivity contribution in [3.8, 4) is 23.0 Å². The summed E-state index contributed by atoms with van der Waals surface area (Å²) < 4.78 is 21.8. The van der Waals surface area contributed by atoms with Crippen LogP contribution in [0, 0.1) is 0 Å². The molecule has 0 unspecified atom stereocenters. The highest BCUT2D eigenvalue weighted by atomic mass is 16.7. The number of para-hydroxylation sites is 1. The van der Waals surface area contributed by atoms with Gasteiger partial charge in [-0.25, -0.2) is 0 Å². The molecule has 2 aromatic rings. The number of hydrogen-bond donors (Lipinski definition) is 1. The Morgan fingerprint density at radius 2 is 1.67 bits per heavy atom. The topological polar surface area (TPSA) is 57.2 Å². The standard InChI is InChI=1S/C16H16O5/c17-10-12-8-15-16(21-11-20-15)9-14(12)19-7-6-18-13-4-2-1-3-5-13/h1-5,8-9,17H,6-7,10-11H2. The number of ether oxygens (including phenoxy) is 4. The van der Waals surface area contributed by atoms with Crippen molar-refractivity contribution in [2.45, 2.75) is 6.61 Å². The first-order valence-corrected chi connectivity index (χ1v) is 6.71. The summed E-state index contributed by atoms with van der Waals surface area (Å²) in [6.07, 6.45) is 0. The SMILES string of the molecule is OCc1cc2c(cc1OCCOc1ccccc1)OCO2. The molecule has 0 saturated heterocycles. The van der Waals surface area contributed by atoms with Gasteiger partial charge in [0.1, 0.15) is 24.7 Å². The lowest BCUT2D eigenvalue weighted by molar-refractivity contribution is 0.173. The fourth-order valence-corrected chi connectivity index (χ4v) is 2.05. The summed E-state index contributed by atoms with van der Waals surface area (Å²) in [4.78, 5) is 0. The lowest BCUT2D eigenvalue weighted by Crippen LogP contribution is -2.10. The van der Waals surface area contributed by atoms with Crippen molar-refractivity contribution in [1.29, 1.82) is 0 Å². The van der Waals surface area contributed by atoms with E-state index in [-0.39, 0.29) is 13.4 Å². The van der Waals surface area contributed by atoms with E-state index in [2.05, 4.69) is 0 Å². The first-order valence-electron chi connectivity index (χ1n) is 6.71. The molecular weight excluding hydrogens is 272 g/mol. The summed E-state index contributed by atoms with van der Waals surface area (Å²) in [6.45, 7) is 0.872. The zero-order chi connectivity index (χ0) is 14.5. The number of benzene rings is 2.